The van der Waals surface area contributed by atoms with E-state index in [2.05, 4.69) is 4.52 Å². The number of aliphatic hydroxyl groups excluding tert-OH is 2. The summed E-state index contributed by atoms with van der Waals surface area (Å²) in [5.74, 6) is -10.4. The molecule has 0 bridgehead atoms. The summed E-state index contributed by atoms with van der Waals surface area (Å²) in [6.07, 6.45) is -12.1. The normalized spacial score (nSPS) is 42.3. The quantitative estimate of drug-likeness (QED) is 0.239. The number of ether oxygens (including phenoxy) is 9. The highest BCUT2D eigenvalue weighted by molar-refractivity contribution is 7.46. The standard InChI is InChI=1S/C29H33O16P/c1-11-38-9-20-27(42-11)23(30)24(31)29(43-20)44-25-14-7-17-16(40-10-41-17)6-13(14)21(22-15(25)8-39-28(22)32)12-4-18(36-2)26(19(5-12)37-3)45-46(33,34)35/h4-7,11,15,20-25,27,29-31H,8-10H2,1-3H3,(H2,33,34,35)/t11-,15+,20-,21-,22+,23-,24-,25-,27-,29+/m1/s1/i2D3,3D3,8D2,9D2,10D2. The topological polar surface area (TPSA) is 207 Å². The molecule has 0 saturated carbocycles. The number of hydrogen-bond acceptors (Lipinski definition) is 14. The minimum atomic E-state index is -5.62. The van der Waals surface area contributed by atoms with Gasteiger partial charge in [0, 0.05) is 11.8 Å². The van der Waals surface area contributed by atoms with Crippen LogP contribution in [0.5, 0.6) is 28.7 Å². The largest absolute Gasteiger partial charge is 0.525 e. The minimum Gasteiger partial charge on any atom is -0.493 e. The van der Waals surface area contributed by atoms with Gasteiger partial charge in [-0.3, -0.25) is 14.6 Å². The summed E-state index contributed by atoms with van der Waals surface area (Å²) >= 11 is 0. The third-order valence-corrected chi connectivity index (χ3v) is 8.51. The molecule has 0 unspecified atom stereocenters. The highest BCUT2D eigenvalue weighted by atomic mass is 31.2. The highest BCUT2D eigenvalue weighted by Crippen LogP contribution is 2.57. The van der Waals surface area contributed by atoms with Crippen molar-refractivity contribution in [3.05, 3.63) is 41.0 Å². The van der Waals surface area contributed by atoms with Gasteiger partial charge >= 0.3 is 13.8 Å². The van der Waals surface area contributed by atoms with Gasteiger partial charge in [0.05, 0.1) is 52.9 Å². The number of benzene rings is 2. The third-order valence-electron chi connectivity index (χ3n) is 8.09. The van der Waals surface area contributed by atoms with Crippen LogP contribution in [0.4, 0.5) is 0 Å². The molecule has 10 atom stereocenters. The van der Waals surface area contributed by atoms with E-state index in [4.69, 9.17) is 59.1 Å². The van der Waals surface area contributed by atoms with Crippen molar-refractivity contribution in [2.45, 2.75) is 55.9 Å². The van der Waals surface area contributed by atoms with Crippen molar-refractivity contribution in [2.24, 2.45) is 11.8 Å². The average molecular weight is 681 g/mol. The molecule has 250 valence electrons. The van der Waals surface area contributed by atoms with Gasteiger partial charge in [0.15, 0.2) is 35.6 Å². The van der Waals surface area contributed by atoms with Crippen LogP contribution in [0.25, 0.3) is 0 Å². The van der Waals surface area contributed by atoms with E-state index in [1.807, 2.05) is 0 Å². The van der Waals surface area contributed by atoms with E-state index in [1.54, 1.807) is 0 Å². The predicted molar refractivity (Wildman–Crippen MR) is 149 cm³/mol. The molecule has 46 heavy (non-hydrogen) atoms. The molecule has 17 heteroatoms. The van der Waals surface area contributed by atoms with Crippen molar-refractivity contribution in [3.8, 4) is 28.7 Å². The SMILES string of the molecule is [2H]C([2H])([2H])Oc1cc([C@@H]2c3cc4c(cc3[C@@H](O[C@@H]3O[C@H]5[C@@H](O[C@H](C)OC5([2H])[2H])[C@H](O)[C@H]3O)[C@@H]3[C@@H]2C(=O)OC3([2H])[2H])OC([2H])([2H])O4)cc(OC([2H])([2H])[2H])c1OP(=O)(O)O. The molecule has 4 N–H and O–H groups in total. The van der Waals surface area contributed by atoms with Crippen LogP contribution in [-0.4, -0.2) is 96.9 Å². The van der Waals surface area contributed by atoms with Gasteiger partial charge in [-0.25, -0.2) is 4.57 Å². The smallest absolute Gasteiger partial charge is 0.493 e. The predicted octanol–water partition coefficient (Wildman–Crippen LogP) is 1.10. The van der Waals surface area contributed by atoms with E-state index in [1.165, 1.54) is 6.92 Å². The lowest BCUT2D eigenvalue weighted by atomic mass is 9.66. The Morgan fingerprint density at radius 3 is 2.33 bits per heavy atom. The van der Waals surface area contributed by atoms with Crippen LogP contribution < -0.4 is 23.5 Å². The fraction of sp³-hybridized carbons (Fsp3) is 0.552. The summed E-state index contributed by atoms with van der Waals surface area (Å²) in [4.78, 5) is 33.2. The van der Waals surface area contributed by atoms with Crippen molar-refractivity contribution >= 4 is 13.8 Å². The van der Waals surface area contributed by atoms with Crippen LogP contribution in [-0.2, 0) is 33.0 Å². The minimum absolute atomic E-state index is 0.124. The van der Waals surface area contributed by atoms with Crippen LogP contribution >= 0.6 is 7.82 Å². The Morgan fingerprint density at radius 1 is 0.957 bits per heavy atom. The Morgan fingerprint density at radius 2 is 1.65 bits per heavy atom. The number of carbonyl (C=O) groups excluding carboxylic acids is 1. The van der Waals surface area contributed by atoms with E-state index in [9.17, 15) is 29.4 Å². The van der Waals surface area contributed by atoms with Crippen molar-refractivity contribution in [1.82, 2.24) is 0 Å². The first-order valence-corrected chi connectivity index (χ1v) is 15.1. The molecule has 2 aromatic carbocycles. The Bertz CT molecular complexity index is 1990. The lowest BCUT2D eigenvalue weighted by Gasteiger charge is -2.47. The number of phosphoric acid groups is 1. The molecule has 0 radical (unpaired) electrons. The summed E-state index contributed by atoms with van der Waals surface area (Å²) in [6, 6.07) is 3.86. The molecule has 0 amide bonds. The number of phosphoric ester groups is 1. The Kier molecular flexibility index (Phi) is 5.20. The maximum atomic E-state index is 13.9. The molecular formula is C29H33O16P. The van der Waals surface area contributed by atoms with Crippen molar-refractivity contribution < 1.29 is 93.0 Å². The number of hydrogen-bond donors (Lipinski definition) is 4. The lowest BCUT2D eigenvalue weighted by molar-refractivity contribution is -0.364. The Hall–Kier alpha value is -3.18. The van der Waals surface area contributed by atoms with E-state index in [0.29, 0.717) is 0 Å². The van der Waals surface area contributed by atoms with Gasteiger partial charge < -0.3 is 57.4 Å². The number of methoxy groups -OCH3 is 2. The van der Waals surface area contributed by atoms with Crippen LogP contribution in [0.3, 0.4) is 0 Å². The maximum absolute atomic E-state index is 13.9. The molecule has 0 aromatic heterocycles. The summed E-state index contributed by atoms with van der Waals surface area (Å²) in [7, 11) is -12.4. The molecule has 5 aliphatic rings. The number of rotatable bonds is 7. The fourth-order valence-electron chi connectivity index (χ4n) is 6.21. The van der Waals surface area contributed by atoms with E-state index >= 15 is 0 Å². The molecule has 2 aromatic rings. The number of esters is 1. The van der Waals surface area contributed by atoms with Crippen LogP contribution in [0.1, 0.15) is 52.1 Å². The number of cyclic esters (lactones) is 1. The van der Waals surface area contributed by atoms with E-state index in [0.717, 1.165) is 24.3 Å². The van der Waals surface area contributed by atoms with Gasteiger partial charge in [-0.05, 0) is 47.9 Å². The third kappa shape index (κ3) is 5.37. The molecule has 4 aliphatic heterocycles. The lowest BCUT2D eigenvalue weighted by Crippen LogP contribution is -2.63. The van der Waals surface area contributed by atoms with Gasteiger partial charge in [-0.15, -0.1) is 0 Å². The zero-order valence-electron chi connectivity index (χ0n) is 35.2. The molecular weight excluding hydrogens is 635 g/mol. The zero-order chi connectivity index (χ0) is 42.9. The van der Waals surface area contributed by atoms with Crippen LogP contribution in [0.15, 0.2) is 24.3 Å². The molecule has 0 spiro atoms. The maximum Gasteiger partial charge on any atom is 0.525 e. The summed E-state index contributed by atoms with van der Waals surface area (Å²) in [5.41, 5.74) is -0.629. The molecule has 3 saturated heterocycles. The second-order valence-electron chi connectivity index (χ2n) is 10.8. The molecule has 16 nitrogen and oxygen atoms in total. The van der Waals surface area contributed by atoms with Gasteiger partial charge in [-0.1, -0.05) is 0 Å². The van der Waals surface area contributed by atoms with Gasteiger partial charge in [-0.2, -0.15) is 0 Å². The van der Waals surface area contributed by atoms with Crippen molar-refractivity contribution in [2.75, 3.05) is 33.9 Å². The first-order chi connectivity index (χ1) is 26.4. The number of carbonyl (C=O) groups is 1. The number of aliphatic hydroxyl groups is 2. The van der Waals surface area contributed by atoms with Crippen molar-refractivity contribution in [1.29, 1.82) is 0 Å². The molecule has 3 fully saturated rings. The van der Waals surface area contributed by atoms with Gasteiger partial charge in [0.25, 0.3) is 0 Å². The molecule has 7 rings (SSSR count). The second-order valence-corrected chi connectivity index (χ2v) is 11.9. The summed E-state index contributed by atoms with van der Waals surface area (Å²) in [5, 5.41) is 22.3. The van der Waals surface area contributed by atoms with Gasteiger partial charge in [0.2, 0.25) is 12.5 Å². The first kappa shape index (κ1) is 20.2. The summed E-state index contributed by atoms with van der Waals surface area (Å²) in [6.45, 7) is -7.07. The number of fused-ring (bicyclic) bond motifs is 4. The van der Waals surface area contributed by atoms with E-state index in [-0.39, 0.29) is 28.2 Å². The highest BCUT2D eigenvalue weighted by Gasteiger charge is 2.56. The second kappa shape index (κ2) is 11.8. The van der Waals surface area contributed by atoms with Crippen LogP contribution in [0, 0.1) is 11.8 Å². The first-order valence-electron chi connectivity index (χ1n) is 19.5. The monoisotopic (exact) mass is 680 g/mol. The van der Waals surface area contributed by atoms with Crippen LogP contribution in [0.2, 0.25) is 0 Å². The molecule has 1 aliphatic carbocycles. The van der Waals surface area contributed by atoms with E-state index < -0.39 is 126 Å². The zero-order valence-corrected chi connectivity index (χ0v) is 24.1. The fourth-order valence-corrected chi connectivity index (χ4v) is 6.62. The summed E-state index contributed by atoms with van der Waals surface area (Å²) < 4.78 is 162. The van der Waals surface area contributed by atoms with Crippen molar-refractivity contribution in [3.63, 3.8) is 0 Å². The molecule has 4 heterocycles. The Balaban J connectivity index is 1.44. The van der Waals surface area contributed by atoms with Gasteiger partial charge in [0.1, 0.15) is 27.2 Å². The Labute approximate surface area is 279 Å². The average Bonchev–Trinajstić information content (AvgIpc) is 3.46.